The predicted molar refractivity (Wildman–Crippen MR) is 79.5 cm³/mol. The molecular weight excluding hydrogens is 271 g/mol. The third-order valence-electron chi connectivity index (χ3n) is 3.55. The van der Waals surface area contributed by atoms with Crippen molar-refractivity contribution < 1.29 is 9.18 Å². The molecule has 0 unspecified atom stereocenters. The van der Waals surface area contributed by atoms with Crippen LogP contribution in [0.25, 0.3) is 0 Å². The van der Waals surface area contributed by atoms with Crippen LogP contribution in [0.4, 0.5) is 10.1 Å². The number of aryl methyl sites for hydroxylation is 1. The molecule has 1 aromatic carbocycles. The van der Waals surface area contributed by atoms with Gasteiger partial charge in [0.15, 0.2) is 0 Å². The summed E-state index contributed by atoms with van der Waals surface area (Å²) in [4.78, 5) is 10.5. The van der Waals surface area contributed by atoms with E-state index in [2.05, 4.69) is 10.4 Å². The topological polar surface area (TPSA) is 48.3 Å². The third kappa shape index (κ3) is 3.77. The lowest BCUT2D eigenvalue weighted by Gasteiger charge is -2.18. The van der Waals surface area contributed by atoms with Gasteiger partial charge in [0.2, 0.25) is 6.41 Å². The van der Waals surface area contributed by atoms with Gasteiger partial charge < -0.3 is 0 Å². The van der Waals surface area contributed by atoms with Crippen LogP contribution >= 0.6 is 0 Å². The van der Waals surface area contributed by atoms with E-state index >= 15 is 0 Å². The smallest absolute Gasteiger partial charge is 0.231 e. The summed E-state index contributed by atoms with van der Waals surface area (Å²) in [7, 11) is 3.27. The number of carbonyl (C=O) groups excluding carboxylic acids is 1. The van der Waals surface area contributed by atoms with E-state index in [4.69, 9.17) is 0 Å². The number of carbonyl (C=O) groups is 1. The summed E-state index contributed by atoms with van der Waals surface area (Å²) < 4.78 is 14.1. The van der Waals surface area contributed by atoms with E-state index in [0.717, 1.165) is 35.5 Å². The van der Waals surface area contributed by atoms with E-state index in [1.165, 1.54) is 7.05 Å². The molecule has 0 aliphatic heterocycles. The molecule has 21 heavy (non-hydrogen) atoms. The molecule has 1 fully saturated rings. The molecule has 0 N–H and O–H groups in total. The Morgan fingerprint density at radius 2 is 2.05 bits per heavy atom. The van der Waals surface area contributed by atoms with E-state index in [1.807, 2.05) is 13.0 Å². The van der Waals surface area contributed by atoms with Gasteiger partial charge in [-0.25, -0.2) is 14.4 Å². The van der Waals surface area contributed by atoms with E-state index in [-0.39, 0.29) is 5.82 Å². The van der Waals surface area contributed by atoms with Gasteiger partial charge in [0.25, 0.3) is 0 Å². The fourth-order valence-corrected chi connectivity index (χ4v) is 2.28. The van der Waals surface area contributed by atoms with Gasteiger partial charge in [-0.1, -0.05) is 13.3 Å². The largest absolute Gasteiger partial charge is 0.277 e. The Kier molecular flexibility index (Phi) is 4.88. The lowest BCUT2D eigenvalue weighted by molar-refractivity contribution is -0.117. The Labute approximate surface area is 124 Å². The monoisotopic (exact) mass is 292 g/mol. The van der Waals surface area contributed by atoms with Crippen molar-refractivity contribution in [1.82, 2.24) is 5.01 Å². The summed E-state index contributed by atoms with van der Waals surface area (Å²) in [5, 5.41) is 10.4. The summed E-state index contributed by atoms with van der Waals surface area (Å²) in [6, 6.07) is 3.49. The number of benzene rings is 1. The van der Waals surface area contributed by atoms with Crippen LogP contribution in [0.3, 0.4) is 0 Å². The molecule has 1 amide bonds. The Bertz CT molecular complexity index is 543. The highest BCUT2D eigenvalue weighted by Crippen LogP contribution is 2.45. The molecule has 0 atom stereocenters. The highest BCUT2D eigenvalue weighted by Gasteiger charge is 2.28. The van der Waals surface area contributed by atoms with Gasteiger partial charge in [-0.2, -0.15) is 0 Å². The summed E-state index contributed by atoms with van der Waals surface area (Å²) in [6.07, 6.45) is 4.32. The van der Waals surface area contributed by atoms with E-state index in [0.29, 0.717) is 24.3 Å². The minimum atomic E-state index is -0.141. The minimum absolute atomic E-state index is 0.141. The zero-order valence-corrected chi connectivity index (χ0v) is 12.7. The van der Waals surface area contributed by atoms with Crippen molar-refractivity contribution in [3.05, 3.63) is 29.1 Å². The molecule has 5 nitrogen and oxygen atoms in total. The predicted octanol–water partition coefficient (Wildman–Crippen LogP) is 3.46. The molecule has 1 saturated carbocycles. The highest BCUT2D eigenvalue weighted by atomic mass is 19.1. The Morgan fingerprint density at radius 1 is 1.33 bits per heavy atom. The summed E-state index contributed by atoms with van der Waals surface area (Å²) in [5.74, 6) is 0.268. The second-order valence-corrected chi connectivity index (χ2v) is 5.41. The second kappa shape index (κ2) is 6.65. The van der Waals surface area contributed by atoms with Gasteiger partial charge in [-0.3, -0.25) is 4.79 Å². The molecule has 2 rings (SSSR count). The average Bonchev–Trinajstić information content (AvgIpc) is 3.30. The van der Waals surface area contributed by atoms with Crippen LogP contribution in [-0.4, -0.2) is 25.5 Å². The fraction of sp³-hybridized carbons (Fsp3) is 0.533. The average molecular weight is 292 g/mol. The van der Waals surface area contributed by atoms with Gasteiger partial charge in [0.1, 0.15) is 5.82 Å². The van der Waals surface area contributed by atoms with Crippen molar-refractivity contribution in [2.75, 3.05) is 19.1 Å². The van der Waals surface area contributed by atoms with E-state index < -0.39 is 0 Å². The van der Waals surface area contributed by atoms with Gasteiger partial charge >= 0.3 is 0 Å². The van der Waals surface area contributed by atoms with Crippen LogP contribution in [0.15, 0.2) is 22.6 Å². The summed E-state index contributed by atoms with van der Waals surface area (Å²) in [6.45, 7) is 2.02. The lowest BCUT2D eigenvalue weighted by Crippen LogP contribution is -2.14. The number of hydrogen-bond donors (Lipinski definition) is 0. The first-order valence-electron chi connectivity index (χ1n) is 7.22. The molecule has 114 valence electrons. The number of rotatable bonds is 7. The maximum absolute atomic E-state index is 14.1. The van der Waals surface area contributed by atoms with Crippen LogP contribution in [-0.2, 0) is 11.2 Å². The molecule has 0 radical (unpaired) electrons. The molecule has 1 aliphatic carbocycles. The Morgan fingerprint density at radius 3 is 2.62 bits per heavy atom. The van der Waals surface area contributed by atoms with Crippen LogP contribution in [0.1, 0.15) is 43.2 Å². The van der Waals surface area contributed by atoms with Crippen LogP contribution in [0.5, 0.6) is 0 Å². The van der Waals surface area contributed by atoms with Gasteiger partial charge in [0.05, 0.1) is 5.69 Å². The number of anilines is 1. The molecule has 1 aromatic rings. The molecule has 0 aromatic heterocycles. The first kappa shape index (κ1) is 15.4. The first-order chi connectivity index (χ1) is 10.1. The van der Waals surface area contributed by atoms with Crippen LogP contribution in [0.2, 0.25) is 0 Å². The number of amides is 1. The highest BCUT2D eigenvalue weighted by molar-refractivity contribution is 5.57. The maximum atomic E-state index is 14.1. The van der Waals surface area contributed by atoms with Crippen molar-refractivity contribution in [1.29, 1.82) is 0 Å². The normalized spacial score (nSPS) is 14.5. The standard InChI is InChI=1S/C15H21FN4O/c1-4-5-12-8-15(20(3)18-17-19(2)10-21)13(9-14(12)16)11-6-7-11/h8-11H,4-7H2,1-3H3/b18-17-. The van der Waals surface area contributed by atoms with Crippen LogP contribution < -0.4 is 5.01 Å². The first-order valence-corrected chi connectivity index (χ1v) is 7.22. The molecule has 0 saturated heterocycles. The quantitative estimate of drug-likeness (QED) is 0.439. The van der Waals surface area contributed by atoms with Crippen molar-refractivity contribution in [3.8, 4) is 0 Å². The molecule has 1 aliphatic rings. The second-order valence-electron chi connectivity index (χ2n) is 5.41. The van der Waals surface area contributed by atoms with Crippen molar-refractivity contribution in [3.63, 3.8) is 0 Å². The Balaban J connectivity index is 2.32. The third-order valence-corrected chi connectivity index (χ3v) is 3.55. The lowest BCUT2D eigenvalue weighted by atomic mass is 10.0. The molecular formula is C15H21FN4O. The van der Waals surface area contributed by atoms with Crippen molar-refractivity contribution in [2.24, 2.45) is 10.4 Å². The zero-order valence-electron chi connectivity index (χ0n) is 12.7. The number of nitrogens with zero attached hydrogens (tertiary/aromatic N) is 4. The fourth-order valence-electron chi connectivity index (χ4n) is 2.28. The van der Waals surface area contributed by atoms with Crippen molar-refractivity contribution >= 4 is 12.1 Å². The van der Waals surface area contributed by atoms with Crippen LogP contribution in [0, 0.1) is 5.82 Å². The Hall–Kier alpha value is -1.98. The summed E-state index contributed by atoms with van der Waals surface area (Å²) in [5.41, 5.74) is 2.54. The molecule has 0 bridgehead atoms. The van der Waals surface area contributed by atoms with E-state index in [1.54, 1.807) is 18.1 Å². The van der Waals surface area contributed by atoms with E-state index in [9.17, 15) is 9.18 Å². The maximum Gasteiger partial charge on any atom is 0.231 e. The van der Waals surface area contributed by atoms with Gasteiger partial charge in [0, 0.05) is 14.1 Å². The number of hydrogen-bond acceptors (Lipinski definition) is 3. The molecule has 0 heterocycles. The zero-order chi connectivity index (χ0) is 15.4. The molecule has 0 spiro atoms. The van der Waals surface area contributed by atoms with Crippen molar-refractivity contribution in [2.45, 2.75) is 38.5 Å². The van der Waals surface area contributed by atoms with Gasteiger partial charge in [-0.05, 0) is 58.9 Å². The minimum Gasteiger partial charge on any atom is -0.277 e. The summed E-state index contributed by atoms with van der Waals surface area (Å²) >= 11 is 0. The van der Waals surface area contributed by atoms with Gasteiger partial charge in [-0.15, -0.1) is 0 Å². The number of halogens is 1. The SMILES string of the molecule is CCCc1cc(N(C)/N=N\N(C)C=O)c(C2CC2)cc1F. The molecule has 6 heteroatoms.